The van der Waals surface area contributed by atoms with Crippen molar-refractivity contribution < 1.29 is 4.79 Å². The van der Waals surface area contributed by atoms with E-state index >= 15 is 0 Å². The summed E-state index contributed by atoms with van der Waals surface area (Å²) in [6.45, 7) is 4.62. The van der Waals surface area contributed by atoms with E-state index in [1.54, 1.807) is 18.4 Å². The number of thiophene rings is 1. The first-order valence-corrected chi connectivity index (χ1v) is 5.27. The minimum Gasteiger partial charge on any atom is -0.313 e. The number of nitrogens with one attached hydrogen (secondary N) is 1. The number of aryl methyl sites for hydroxylation is 2. The van der Waals surface area contributed by atoms with Gasteiger partial charge >= 0.3 is 0 Å². The molecule has 1 rings (SSSR count). The molecule has 0 spiro atoms. The fraction of sp³-hybridized carbons (Fsp3) is 0.500. The number of carbonyl (C=O) groups excluding carboxylic acids is 1. The minimum atomic E-state index is 0.190. The van der Waals surface area contributed by atoms with Gasteiger partial charge in [-0.3, -0.25) is 4.79 Å². The van der Waals surface area contributed by atoms with Crippen molar-refractivity contribution in [1.82, 2.24) is 5.32 Å². The SMILES string of the molecule is CCc1cc(C(=O)CNC)sc1C. The smallest absolute Gasteiger partial charge is 0.186 e. The molecule has 0 bridgehead atoms. The van der Waals surface area contributed by atoms with E-state index in [0.717, 1.165) is 11.3 Å². The summed E-state index contributed by atoms with van der Waals surface area (Å²) in [4.78, 5) is 13.6. The zero-order valence-electron chi connectivity index (χ0n) is 8.31. The lowest BCUT2D eigenvalue weighted by molar-refractivity contribution is 0.0997. The van der Waals surface area contributed by atoms with Crippen LogP contribution in [0.3, 0.4) is 0 Å². The third-order valence-corrected chi connectivity index (χ3v) is 3.15. The maximum Gasteiger partial charge on any atom is 0.186 e. The van der Waals surface area contributed by atoms with E-state index < -0.39 is 0 Å². The standard InChI is InChI=1S/C10H15NOS/c1-4-8-5-10(13-7(8)2)9(12)6-11-3/h5,11H,4,6H2,1-3H3. The van der Waals surface area contributed by atoms with Crippen LogP contribution >= 0.6 is 11.3 Å². The normalized spacial score (nSPS) is 10.4. The summed E-state index contributed by atoms with van der Waals surface area (Å²) in [5.41, 5.74) is 1.30. The van der Waals surface area contributed by atoms with Crippen LogP contribution in [0.25, 0.3) is 0 Å². The van der Waals surface area contributed by atoms with Crippen LogP contribution in [-0.2, 0) is 6.42 Å². The van der Waals surface area contributed by atoms with E-state index in [9.17, 15) is 4.79 Å². The highest BCUT2D eigenvalue weighted by Crippen LogP contribution is 2.22. The Hall–Kier alpha value is -0.670. The fourth-order valence-electron chi connectivity index (χ4n) is 1.26. The molecule has 1 heterocycles. The maximum absolute atomic E-state index is 11.5. The molecule has 13 heavy (non-hydrogen) atoms. The van der Waals surface area contributed by atoms with Crippen LogP contribution in [0.5, 0.6) is 0 Å². The summed E-state index contributed by atoms with van der Waals surface area (Å²) in [6.07, 6.45) is 1.01. The van der Waals surface area contributed by atoms with Gasteiger partial charge in [0.1, 0.15) is 0 Å². The molecule has 0 aliphatic rings. The zero-order chi connectivity index (χ0) is 9.84. The lowest BCUT2D eigenvalue weighted by Crippen LogP contribution is -2.17. The Morgan fingerprint density at radius 3 is 2.77 bits per heavy atom. The fourth-order valence-corrected chi connectivity index (χ4v) is 2.31. The Morgan fingerprint density at radius 1 is 1.62 bits per heavy atom. The van der Waals surface area contributed by atoms with Gasteiger partial charge in [-0.2, -0.15) is 0 Å². The Kier molecular flexibility index (Phi) is 3.63. The summed E-state index contributed by atoms with van der Waals surface area (Å²) in [5.74, 6) is 0.190. The topological polar surface area (TPSA) is 29.1 Å². The van der Waals surface area contributed by atoms with E-state index in [2.05, 4.69) is 19.2 Å². The Bertz CT molecular complexity index is 304. The van der Waals surface area contributed by atoms with Crippen molar-refractivity contribution in [2.75, 3.05) is 13.6 Å². The highest BCUT2D eigenvalue weighted by Gasteiger charge is 2.09. The molecule has 0 saturated carbocycles. The van der Waals surface area contributed by atoms with E-state index in [4.69, 9.17) is 0 Å². The molecule has 0 saturated heterocycles. The first kappa shape index (κ1) is 10.4. The first-order valence-electron chi connectivity index (χ1n) is 4.46. The second-order valence-electron chi connectivity index (χ2n) is 3.00. The number of ketones is 1. The molecule has 1 aromatic heterocycles. The monoisotopic (exact) mass is 197 g/mol. The van der Waals surface area contributed by atoms with Crippen molar-refractivity contribution in [3.63, 3.8) is 0 Å². The number of carbonyl (C=O) groups is 1. The molecule has 3 heteroatoms. The predicted octanol–water partition coefficient (Wildman–Crippen LogP) is 2.02. The molecule has 0 aromatic carbocycles. The number of hydrogen-bond acceptors (Lipinski definition) is 3. The highest BCUT2D eigenvalue weighted by molar-refractivity contribution is 7.14. The van der Waals surface area contributed by atoms with Gasteiger partial charge in [0.2, 0.25) is 0 Å². The summed E-state index contributed by atoms with van der Waals surface area (Å²) in [6, 6.07) is 2.01. The molecule has 1 N–H and O–H groups in total. The van der Waals surface area contributed by atoms with Gasteiger partial charge in [0.15, 0.2) is 5.78 Å². The van der Waals surface area contributed by atoms with Crippen LogP contribution in [-0.4, -0.2) is 19.4 Å². The zero-order valence-corrected chi connectivity index (χ0v) is 9.12. The van der Waals surface area contributed by atoms with Gasteiger partial charge in [0, 0.05) is 4.88 Å². The van der Waals surface area contributed by atoms with E-state index in [-0.39, 0.29) is 5.78 Å². The Balaban J connectivity index is 2.84. The molecule has 0 aliphatic heterocycles. The van der Waals surface area contributed by atoms with Crippen molar-refractivity contribution in [2.24, 2.45) is 0 Å². The first-order chi connectivity index (χ1) is 6.19. The molecular formula is C10H15NOS. The van der Waals surface area contributed by atoms with Gasteiger partial charge in [0.05, 0.1) is 11.4 Å². The molecule has 2 nitrogen and oxygen atoms in total. The second kappa shape index (κ2) is 4.53. The van der Waals surface area contributed by atoms with Gasteiger partial charge in [-0.15, -0.1) is 11.3 Å². The summed E-state index contributed by atoms with van der Waals surface area (Å²) >= 11 is 1.60. The predicted molar refractivity (Wildman–Crippen MR) is 56.7 cm³/mol. The van der Waals surface area contributed by atoms with E-state index in [1.165, 1.54) is 10.4 Å². The third kappa shape index (κ3) is 2.39. The average molecular weight is 197 g/mol. The van der Waals surface area contributed by atoms with Gasteiger partial charge < -0.3 is 5.32 Å². The molecular weight excluding hydrogens is 182 g/mol. The highest BCUT2D eigenvalue weighted by atomic mass is 32.1. The molecule has 0 aliphatic carbocycles. The maximum atomic E-state index is 11.5. The summed E-state index contributed by atoms with van der Waals surface area (Å²) in [7, 11) is 1.79. The van der Waals surface area contributed by atoms with Crippen molar-refractivity contribution in [3.05, 3.63) is 21.4 Å². The Labute approximate surface area is 83.0 Å². The van der Waals surface area contributed by atoms with Crippen molar-refractivity contribution in [2.45, 2.75) is 20.3 Å². The van der Waals surface area contributed by atoms with Crippen LogP contribution in [0.2, 0.25) is 0 Å². The third-order valence-electron chi connectivity index (χ3n) is 2.01. The van der Waals surface area contributed by atoms with Gasteiger partial charge in [0.25, 0.3) is 0 Å². The number of hydrogen-bond donors (Lipinski definition) is 1. The van der Waals surface area contributed by atoms with Crippen LogP contribution < -0.4 is 5.32 Å². The van der Waals surface area contributed by atoms with Crippen molar-refractivity contribution in [3.8, 4) is 0 Å². The van der Waals surface area contributed by atoms with E-state index in [0.29, 0.717) is 6.54 Å². The average Bonchev–Trinajstić information content (AvgIpc) is 2.47. The molecule has 0 radical (unpaired) electrons. The summed E-state index contributed by atoms with van der Waals surface area (Å²) in [5, 5.41) is 2.87. The molecule has 0 fully saturated rings. The van der Waals surface area contributed by atoms with Crippen molar-refractivity contribution in [1.29, 1.82) is 0 Å². The second-order valence-corrected chi connectivity index (χ2v) is 4.26. The van der Waals surface area contributed by atoms with Gasteiger partial charge in [-0.05, 0) is 32.0 Å². The largest absolute Gasteiger partial charge is 0.313 e. The lowest BCUT2D eigenvalue weighted by atomic mass is 10.2. The van der Waals surface area contributed by atoms with Crippen molar-refractivity contribution >= 4 is 17.1 Å². The lowest BCUT2D eigenvalue weighted by Gasteiger charge is -1.93. The van der Waals surface area contributed by atoms with Crippen LogP contribution in [0.1, 0.15) is 27.0 Å². The molecule has 0 atom stereocenters. The number of rotatable bonds is 4. The van der Waals surface area contributed by atoms with Crippen LogP contribution in [0.4, 0.5) is 0 Å². The molecule has 0 amide bonds. The van der Waals surface area contributed by atoms with Gasteiger partial charge in [-0.1, -0.05) is 6.92 Å². The Morgan fingerprint density at radius 2 is 2.31 bits per heavy atom. The quantitative estimate of drug-likeness (QED) is 0.748. The number of likely N-dealkylation sites (N-methyl/N-ethyl adjacent to an activating group) is 1. The molecule has 72 valence electrons. The minimum absolute atomic E-state index is 0.190. The van der Waals surface area contributed by atoms with Gasteiger partial charge in [-0.25, -0.2) is 0 Å². The van der Waals surface area contributed by atoms with E-state index in [1.807, 2.05) is 6.07 Å². The summed E-state index contributed by atoms with van der Waals surface area (Å²) < 4.78 is 0. The molecule has 1 aromatic rings. The van der Waals surface area contributed by atoms with Crippen LogP contribution in [0.15, 0.2) is 6.07 Å². The van der Waals surface area contributed by atoms with Crippen LogP contribution in [0, 0.1) is 6.92 Å². The number of Topliss-reactive ketones (excluding diaryl/α,β-unsaturated/α-hetero) is 1. The molecule has 0 unspecified atom stereocenters.